The molecule has 0 fully saturated rings. The Bertz CT molecular complexity index is 217. The maximum Gasteiger partial charge on any atom is 0.239 e. The lowest BCUT2D eigenvalue weighted by Crippen LogP contribution is -2.42. The minimum Gasteiger partial charge on any atom is -0.354 e. The molecule has 0 atom stereocenters. The Labute approximate surface area is 109 Å². The molecule has 0 spiro atoms. The van der Waals surface area contributed by atoms with Gasteiger partial charge >= 0.3 is 0 Å². The fourth-order valence-corrected chi connectivity index (χ4v) is 1.63. The largest absolute Gasteiger partial charge is 0.354 e. The predicted octanol–water partition coefficient (Wildman–Crippen LogP) is 0.186. The normalized spacial score (nSPS) is 9.80. The summed E-state index contributed by atoms with van der Waals surface area (Å²) in [5, 5.41) is 2.87. The van der Waals surface area contributed by atoms with Crippen LogP contribution >= 0.6 is 41.2 Å². The van der Waals surface area contributed by atoms with Crippen molar-refractivity contribution in [3.63, 3.8) is 0 Å². The van der Waals surface area contributed by atoms with Crippen molar-refractivity contribution < 1.29 is 9.59 Å². The van der Waals surface area contributed by atoms with Crippen molar-refractivity contribution >= 4 is 53.0 Å². The van der Waals surface area contributed by atoms with E-state index in [2.05, 4.69) is 46.5 Å². The van der Waals surface area contributed by atoms with Gasteiger partial charge in [0.05, 0.1) is 11.9 Å². The SMILES string of the molecule is O=C(CN(CCS)C(=O)CBr)NCCS. The van der Waals surface area contributed by atoms with Gasteiger partial charge in [-0.05, 0) is 0 Å². The predicted molar refractivity (Wildman–Crippen MR) is 71.1 cm³/mol. The molecule has 0 rings (SSSR count). The quantitative estimate of drug-likeness (QED) is 0.464. The third-order valence-electron chi connectivity index (χ3n) is 1.61. The van der Waals surface area contributed by atoms with Crippen molar-refractivity contribution in [3.05, 3.63) is 0 Å². The van der Waals surface area contributed by atoms with E-state index in [9.17, 15) is 9.59 Å². The lowest BCUT2D eigenvalue weighted by atomic mass is 10.4. The zero-order valence-corrected chi connectivity index (χ0v) is 11.7. The summed E-state index contributed by atoms with van der Waals surface area (Å²) in [5.74, 6) is 0.855. The first-order valence-corrected chi connectivity index (χ1v) is 6.86. The molecular formula is C8H15BrN2O2S2. The van der Waals surface area contributed by atoms with Gasteiger partial charge < -0.3 is 10.2 Å². The van der Waals surface area contributed by atoms with E-state index in [1.165, 1.54) is 4.90 Å². The molecule has 0 radical (unpaired) electrons. The second-order valence-electron chi connectivity index (χ2n) is 2.75. The smallest absolute Gasteiger partial charge is 0.239 e. The fraction of sp³-hybridized carbons (Fsp3) is 0.750. The van der Waals surface area contributed by atoms with Gasteiger partial charge in [0.2, 0.25) is 11.8 Å². The van der Waals surface area contributed by atoms with Crippen LogP contribution in [0.25, 0.3) is 0 Å². The molecule has 0 heterocycles. The van der Waals surface area contributed by atoms with Gasteiger partial charge in [-0.15, -0.1) is 0 Å². The molecule has 0 aliphatic carbocycles. The van der Waals surface area contributed by atoms with Crippen LogP contribution in [0.1, 0.15) is 0 Å². The first-order valence-electron chi connectivity index (χ1n) is 4.47. The number of hydrogen-bond acceptors (Lipinski definition) is 4. The summed E-state index contributed by atoms with van der Waals surface area (Å²) in [7, 11) is 0. The first kappa shape index (κ1) is 15.1. The summed E-state index contributed by atoms with van der Waals surface area (Å²) in [6.07, 6.45) is 0. The van der Waals surface area contributed by atoms with Crippen molar-refractivity contribution in [1.29, 1.82) is 0 Å². The highest BCUT2D eigenvalue weighted by Gasteiger charge is 2.14. The number of hydrogen-bond donors (Lipinski definition) is 3. The van der Waals surface area contributed by atoms with E-state index < -0.39 is 0 Å². The number of rotatable bonds is 7. The van der Waals surface area contributed by atoms with Gasteiger partial charge in [0.1, 0.15) is 0 Å². The third kappa shape index (κ3) is 7.08. The molecule has 15 heavy (non-hydrogen) atoms. The summed E-state index contributed by atoms with van der Waals surface area (Å²) in [6.45, 7) is 1.07. The zero-order valence-electron chi connectivity index (χ0n) is 8.28. The Kier molecular flexibility index (Phi) is 9.43. The van der Waals surface area contributed by atoms with Gasteiger partial charge in [0.25, 0.3) is 0 Å². The number of amides is 2. The molecule has 7 heteroatoms. The van der Waals surface area contributed by atoms with E-state index in [1.54, 1.807) is 0 Å². The molecule has 88 valence electrons. The highest BCUT2D eigenvalue weighted by atomic mass is 79.9. The lowest BCUT2D eigenvalue weighted by molar-refractivity contribution is -0.133. The summed E-state index contributed by atoms with van der Waals surface area (Å²) >= 11 is 11.1. The molecule has 0 aromatic heterocycles. The highest BCUT2D eigenvalue weighted by molar-refractivity contribution is 9.09. The molecule has 0 saturated carbocycles. The Balaban J connectivity index is 4.03. The van der Waals surface area contributed by atoms with Crippen molar-refractivity contribution in [3.8, 4) is 0 Å². The molecule has 0 aromatic rings. The van der Waals surface area contributed by atoms with Gasteiger partial charge in [-0.2, -0.15) is 25.3 Å². The first-order chi connectivity index (χ1) is 7.15. The molecule has 0 aliphatic heterocycles. The van der Waals surface area contributed by atoms with Crippen LogP contribution in [0.5, 0.6) is 0 Å². The van der Waals surface area contributed by atoms with E-state index in [-0.39, 0.29) is 23.7 Å². The number of thiol groups is 2. The van der Waals surface area contributed by atoms with Crippen LogP contribution in [-0.2, 0) is 9.59 Å². The molecule has 1 N–H and O–H groups in total. The second-order valence-corrected chi connectivity index (χ2v) is 4.20. The van der Waals surface area contributed by atoms with Crippen LogP contribution in [0.4, 0.5) is 0 Å². The molecule has 0 unspecified atom stereocenters. The second kappa shape index (κ2) is 9.35. The molecule has 0 saturated heterocycles. The van der Waals surface area contributed by atoms with Gasteiger partial charge in [0, 0.05) is 24.6 Å². The summed E-state index contributed by atoms with van der Waals surface area (Å²) < 4.78 is 0. The van der Waals surface area contributed by atoms with E-state index in [0.717, 1.165) is 0 Å². The third-order valence-corrected chi connectivity index (χ3v) is 2.51. The lowest BCUT2D eigenvalue weighted by Gasteiger charge is -2.20. The van der Waals surface area contributed by atoms with Gasteiger partial charge in [-0.3, -0.25) is 9.59 Å². The average Bonchev–Trinajstić information content (AvgIpc) is 2.24. The highest BCUT2D eigenvalue weighted by Crippen LogP contribution is 1.95. The summed E-state index contributed by atoms with van der Waals surface area (Å²) in [5.41, 5.74) is 0. The number of carbonyl (C=O) groups excluding carboxylic acids is 2. The van der Waals surface area contributed by atoms with Crippen LogP contribution in [0.2, 0.25) is 0 Å². The molecule has 0 aliphatic rings. The number of nitrogens with one attached hydrogen (secondary N) is 1. The monoisotopic (exact) mass is 314 g/mol. The topological polar surface area (TPSA) is 49.4 Å². The Morgan fingerprint density at radius 2 is 1.93 bits per heavy atom. The minimum absolute atomic E-state index is 0.0821. The Hall–Kier alpha value is 0.120. The maximum absolute atomic E-state index is 11.4. The van der Waals surface area contributed by atoms with Crippen molar-refractivity contribution in [2.45, 2.75) is 0 Å². The Morgan fingerprint density at radius 1 is 1.27 bits per heavy atom. The van der Waals surface area contributed by atoms with Gasteiger partial charge in [0.15, 0.2) is 0 Å². The standard InChI is InChI=1S/C8H15BrN2O2S2/c9-5-8(13)11(2-4-15)6-7(12)10-1-3-14/h14-15H,1-6H2,(H,10,12). The van der Waals surface area contributed by atoms with Gasteiger partial charge in [-0.1, -0.05) is 15.9 Å². The summed E-state index contributed by atoms with van der Waals surface area (Å²) in [4.78, 5) is 24.2. The fourth-order valence-electron chi connectivity index (χ4n) is 0.922. The van der Waals surface area contributed by atoms with Crippen molar-refractivity contribution in [1.82, 2.24) is 10.2 Å². The van der Waals surface area contributed by atoms with E-state index >= 15 is 0 Å². The molecule has 4 nitrogen and oxygen atoms in total. The van der Waals surface area contributed by atoms with Crippen molar-refractivity contribution in [2.24, 2.45) is 0 Å². The van der Waals surface area contributed by atoms with E-state index in [1.807, 2.05) is 0 Å². The number of nitrogens with zero attached hydrogens (tertiary/aromatic N) is 1. The molecule has 2 amide bonds. The minimum atomic E-state index is -0.167. The summed E-state index contributed by atoms with van der Waals surface area (Å²) in [6, 6.07) is 0. The van der Waals surface area contributed by atoms with E-state index in [4.69, 9.17) is 0 Å². The molecule has 0 aromatic carbocycles. The van der Waals surface area contributed by atoms with Crippen molar-refractivity contribution in [2.75, 3.05) is 36.5 Å². The molecule has 0 bridgehead atoms. The molecular weight excluding hydrogens is 300 g/mol. The van der Waals surface area contributed by atoms with Crippen LogP contribution in [0.15, 0.2) is 0 Å². The number of halogens is 1. The van der Waals surface area contributed by atoms with Crippen LogP contribution in [0, 0.1) is 0 Å². The van der Waals surface area contributed by atoms with Gasteiger partial charge in [-0.25, -0.2) is 0 Å². The van der Waals surface area contributed by atoms with E-state index in [0.29, 0.717) is 24.6 Å². The Morgan fingerprint density at radius 3 is 2.40 bits per heavy atom. The van der Waals surface area contributed by atoms with Crippen LogP contribution in [0.3, 0.4) is 0 Å². The maximum atomic E-state index is 11.4. The number of carbonyl (C=O) groups is 2. The number of alkyl halides is 1. The van der Waals surface area contributed by atoms with Crippen LogP contribution < -0.4 is 5.32 Å². The zero-order chi connectivity index (χ0) is 11.7. The average molecular weight is 315 g/mol. The van der Waals surface area contributed by atoms with Crippen LogP contribution in [-0.4, -0.2) is 53.2 Å².